The van der Waals surface area contributed by atoms with E-state index >= 15 is 0 Å². The van der Waals surface area contributed by atoms with Crippen LogP contribution in [0.15, 0.2) is 66.9 Å². The molecule has 3 heterocycles. The van der Waals surface area contributed by atoms with Crippen LogP contribution in [0.25, 0.3) is 5.00 Å². The molecule has 1 atom stereocenters. The summed E-state index contributed by atoms with van der Waals surface area (Å²) in [6.07, 6.45) is 6.92. The standard InChI is InChI=1S/C29H29N3OS/c1-19-9-7-11-21(17-19)27-25-14-8-16-31(25)28-23(22-12-4-6-15-26(22)34-28)18-32(27)29(33)30-24-13-5-3-10-20(24)2/h3,5,7-11,13-14,16-17,27H,4,6,12,15,18H2,1-2H3,(H,30,33)/t27-/m0/s1. The van der Waals surface area contributed by atoms with Crippen LogP contribution in [0.1, 0.15) is 57.3 Å². The minimum Gasteiger partial charge on any atom is -0.310 e. The summed E-state index contributed by atoms with van der Waals surface area (Å²) in [5, 5.41) is 4.52. The smallest absolute Gasteiger partial charge is 0.310 e. The number of fused-ring (bicyclic) bond motifs is 5. The first kappa shape index (κ1) is 21.2. The quantitative estimate of drug-likeness (QED) is 0.333. The maximum absolute atomic E-state index is 14.0. The number of benzene rings is 2. The van der Waals surface area contributed by atoms with Crippen molar-refractivity contribution in [1.82, 2.24) is 9.47 Å². The number of aromatic nitrogens is 1. The Hall–Kier alpha value is -3.31. The first-order valence-corrected chi connectivity index (χ1v) is 12.9. The second kappa shape index (κ2) is 8.48. The molecule has 2 amide bonds. The van der Waals surface area contributed by atoms with Crippen molar-refractivity contribution in [2.75, 3.05) is 5.32 Å². The van der Waals surface area contributed by atoms with E-state index < -0.39 is 0 Å². The minimum absolute atomic E-state index is 0.0582. The zero-order valence-corrected chi connectivity index (χ0v) is 20.5. The number of hydrogen-bond donors (Lipinski definition) is 1. The Bertz CT molecular complexity index is 1380. The van der Waals surface area contributed by atoms with Crippen LogP contribution in [0, 0.1) is 13.8 Å². The van der Waals surface area contributed by atoms with Crippen LogP contribution in [0.2, 0.25) is 0 Å². The van der Waals surface area contributed by atoms with Crippen LogP contribution in [-0.2, 0) is 19.4 Å². The molecule has 0 saturated heterocycles. The van der Waals surface area contributed by atoms with Gasteiger partial charge in [0.15, 0.2) is 0 Å². The summed E-state index contributed by atoms with van der Waals surface area (Å²) in [7, 11) is 0. The molecule has 0 unspecified atom stereocenters. The van der Waals surface area contributed by atoms with Gasteiger partial charge in [-0.15, -0.1) is 11.3 Å². The first-order chi connectivity index (χ1) is 16.6. The summed E-state index contributed by atoms with van der Waals surface area (Å²) in [6, 6.07) is 20.6. The van der Waals surface area contributed by atoms with Gasteiger partial charge in [0, 0.05) is 22.3 Å². The summed E-state index contributed by atoms with van der Waals surface area (Å²) in [5.41, 5.74) is 8.22. The molecule has 1 aliphatic heterocycles. The zero-order valence-electron chi connectivity index (χ0n) is 19.7. The van der Waals surface area contributed by atoms with E-state index in [9.17, 15) is 4.79 Å². The predicted octanol–water partition coefficient (Wildman–Crippen LogP) is 7.17. The molecule has 0 saturated carbocycles. The number of nitrogens with zero attached hydrogens (tertiary/aromatic N) is 2. The van der Waals surface area contributed by atoms with Gasteiger partial charge < -0.3 is 14.8 Å². The number of carbonyl (C=O) groups is 1. The lowest BCUT2D eigenvalue weighted by atomic mass is 9.95. The fraction of sp³-hybridized carbons (Fsp3) is 0.276. The van der Waals surface area contributed by atoms with E-state index in [0.29, 0.717) is 6.54 Å². The van der Waals surface area contributed by atoms with Crippen molar-refractivity contribution in [2.45, 2.75) is 52.1 Å². The Morgan fingerprint density at radius 2 is 1.82 bits per heavy atom. The van der Waals surface area contributed by atoms with Gasteiger partial charge in [-0.05, 0) is 74.4 Å². The molecule has 0 radical (unpaired) electrons. The van der Waals surface area contributed by atoms with Crippen molar-refractivity contribution < 1.29 is 4.79 Å². The van der Waals surface area contributed by atoms with Crippen LogP contribution in [-0.4, -0.2) is 15.5 Å². The normalized spacial score (nSPS) is 16.9. The summed E-state index contributed by atoms with van der Waals surface area (Å²) in [6.45, 7) is 4.76. The average molecular weight is 468 g/mol. The second-order valence-corrected chi connectivity index (χ2v) is 10.6. The Morgan fingerprint density at radius 3 is 2.68 bits per heavy atom. The highest BCUT2D eigenvalue weighted by Gasteiger charge is 2.36. The highest BCUT2D eigenvalue weighted by molar-refractivity contribution is 7.15. The van der Waals surface area contributed by atoms with Gasteiger partial charge in [-0.25, -0.2) is 4.79 Å². The molecular weight excluding hydrogens is 438 g/mol. The van der Waals surface area contributed by atoms with Gasteiger partial charge in [0.2, 0.25) is 0 Å². The Balaban J connectivity index is 1.51. The van der Waals surface area contributed by atoms with Crippen molar-refractivity contribution in [3.8, 4) is 5.00 Å². The molecule has 34 heavy (non-hydrogen) atoms. The van der Waals surface area contributed by atoms with E-state index in [0.717, 1.165) is 35.3 Å². The van der Waals surface area contributed by atoms with E-state index in [1.54, 1.807) is 0 Å². The topological polar surface area (TPSA) is 37.3 Å². The number of nitrogens with one attached hydrogen (secondary N) is 1. The Kier molecular flexibility index (Phi) is 5.30. The van der Waals surface area contributed by atoms with Crippen molar-refractivity contribution in [2.24, 2.45) is 0 Å². The number of amides is 2. The van der Waals surface area contributed by atoms with Crippen LogP contribution >= 0.6 is 11.3 Å². The number of aryl methyl sites for hydroxylation is 3. The van der Waals surface area contributed by atoms with Crippen molar-refractivity contribution in [1.29, 1.82) is 0 Å². The van der Waals surface area contributed by atoms with E-state index in [1.165, 1.54) is 39.4 Å². The maximum atomic E-state index is 14.0. The molecule has 172 valence electrons. The SMILES string of the molecule is Cc1cccc([C@H]2c3cccn3-c3sc4c(c3CN2C(=O)Nc2ccccc2C)CCCC4)c1. The molecule has 2 aliphatic rings. The number of anilines is 1. The van der Waals surface area contributed by atoms with Gasteiger partial charge in [0.05, 0.1) is 18.3 Å². The van der Waals surface area contributed by atoms with Gasteiger partial charge in [0.25, 0.3) is 0 Å². The third-order valence-corrected chi connectivity index (χ3v) is 8.52. The Labute approximate surface area is 204 Å². The van der Waals surface area contributed by atoms with Gasteiger partial charge in [-0.1, -0.05) is 48.0 Å². The lowest BCUT2D eigenvalue weighted by Crippen LogP contribution is -2.38. The molecule has 2 aromatic heterocycles. The highest BCUT2D eigenvalue weighted by Crippen LogP contribution is 2.44. The molecule has 0 fully saturated rings. The Morgan fingerprint density at radius 1 is 0.971 bits per heavy atom. The van der Waals surface area contributed by atoms with Gasteiger partial charge in [-0.2, -0.15) is 0 Å². The summed E-state index contributed by atoms with van der Waals surface area (Å²) in [5.74, 6) is 0. The zero-order chi connectivity index (χ0) is 23.2. The van der Waals surface area contributed by atoms with E-state index in [-0.39, 0.29) is 12.1 Å². The highest BCUT2D eigenvalue weighted by atomic mass is 32.1. The predicted molar refractivity (Wildman–Crippen MR) is 139 cm³/mol. The molecule has 5 heteroatoms. The molecule has 0 spiro atoms. The minimum atomic E-state index is -0.169. The lowest BCUT2D eigenvalue weighted by Gasteiger charge is -2.32. The molecule has 6 rings (SSSR count). The van der Waals surface area contributed by atoms with Crippen LogP contribution in [0.4, 0.5) is 10.5 Å². The summed E-state index contributed by atoms with van der Waals surface area (Å²) in [4.78, 5) is 17.5. The monoisotopic (exact) mass is 467 g/mol. The molecular formula is C29H29N3OS. The molecule has 1 aliphatic carbocycles. The number of para-hydroxylation sites is 1. The van der Waals surface area contributed by atoms with Gasteiger partial charge in [0.1, 0.15) is 5.00 Å². The summed E-state index contributed by atoms with van der Waals surface area (Å²) >= 11 is 1.92. The largest absolute Gasteiger partial charge is 0.322 e. The molecule has 2 aromatic carbocycles. The van der Waals surface area contributed by atoms with Crippen LogP contribution < -0.4 is 5.32 Å². The first-order valence-electron chi connectivity index (χ1n) is 12.1. The number of carbonyl (C=O) groups excluding carboxylic acids is 1. The fourth-order valence-electron chi connectivity index (χ4n) is 5.48. The number of rotatable bonds is 2. The molecule has 1 N–H and O–H groups in total. The molecule has 0 bridgehead atoms. The number of urea groups is 1. The van der Waals surface area contributed by atoms with Crippen molar-refractivity contribution >= 4 is 23.1 Å². The third kappa shape index (κ3) is 3.55. The van der Waals surface area contributed by atoms with Gasteiger partial charge >= 0.3 is 6.03 Å². The second-order valence-electron chi connectivity index (χ2n) is 9.49. The lowest BCUT2D eigenvalue weighted by molar-refractivity contribution is 0.194. The van der Waals surface area contributed by atoms with Crippen LogP contribution in [0.5, 0.6) is 0 Å². The van der Waals surface area contributed by atoms with Crippen molar-refractivity contribution in [3.63, 3.8) is 0 Å². The van der Waals surface area contributed by atoms with E-state index in [4.69, 9.17) is 0 Å². The van der Waals surface area contributed by atoms with Crippen molar-refractivity contribution in [3.05, 3.63) is 105 Å². The fourth-order valence-corrected chi connectivity index (χ4v) is 6.88. The summed E-state index contributed by atoms with van der Waals surface area (Å²) < 4.78 is 2.34. The van der Waals surface area contributed by atoms with Crippen LogP contribution in [0.3, 0.4) is 0 Å². The average Bonchev–Trinajstić information content (AvgIpc) is 3.42. The number of thiophene rings is 1. The van der Waals surface area contributed by atoms with E-state index in [2.05, 4.69) is 59.4 Å². The maximum Gasteiger partial charge on any atom is 0.322 e. The third-order valence-electron chi connectivity index (χ3n) is 7.18. The number of hydrogen-bond acceptors (Lipinski definition) is 2. The molecule has 4 aromatic rings. The molecule has 4 nitrogen and oxygen atoms in total. The van der Waals surface area contributed by atoms with E-state index in [1.807, 2.05) is 47.4 Å². The van der Waals surface area contributed by atoms with Gasteiger partial charge in [-0.3, -0.25) is 0 Å².